The number of hydrogen-bond donors (Lipinski definition) is 4. The predicted octanol–water partition coefficient (Wildman–Crippen LogP) is -0.743. The lowest BCUT2D eigenvalue weighted by Crippen LogP contribution is -2.35. The van der Waals surface area contributed by atoms with E-state index in [1.807, 2.05) is 0 Å². The summed E-state index contributed by atoms with van der Waals surface area (Å²) in [5, 5.41) is 12.8. The first kappa shape index (κ1) is 12.4. The van der Waals surface area contributed by atoms with Crippen LogP contribution in [0.3, 0.4) is 0 Å². The lowest BCUT2D eigenvalue weighted by Gasteiger charge is -2.06. The van der Waals surface area contributed by atoms with Crippen LogP contribution in [0.15, 0.2) is 5.38 Å². The minimum atomic E-state index is -1.09. The van der Waals surface area contributed by atoms with Crippen molar-refractivity contribution in [3.8, 4) is 0 Å². The molecule has 0 spiro atoms. The summed E-state index contributed by atoms with van der Waals surface area (Å²) in [6, 6.07) is -0.971. The molecule has 8 heteroatoms. The molecule has 0 aromatic carbocycles. The van der Waals surface area contributed by atoms with Gasteiger partial charge in [-0.1, -0.05) is 0 Å². The number of carbonyl (C=O) groups excluding carboxylic acids is 1. The van der Waals surface area contributed by atoms with Crippen molar-refractivity contribution in [1.29, 1.82) is 0 Å². The Labute approximate surface area is 95.5 Å². The SMILES string of the molecule is Nc1nc(C(=O)NCCC(N)C(=O)O)cs1. The maximum absolute atomic E-state index is 11.4. The molecule has 16 heavy (non-hydrogen) atoms. The van der Waals surface area contributed by atoms with E-state index >= 15 is 0 Å². The fraction of sp³-hybridized carbons (Fsp3) is 0.375. The highest BCUT2D eigenvalue weighted by molar-refractivity contribution is 7.13. The van der Waals surface area contributed by atoms with Crippen LogP contribution >= 0.6 is 11.3 Å². The van der Waals surface area contributed by atoms with Gasteiger partial charge in [-0.15, -0.1) is 11.3 Å². The van der Waals surface area contributed by atoms with E-state index in [0.717, 1.165) is 11.3 Å². The number of nitrogens with zero attached hydrogens (tertiary/aromatic N) is 1. The molecule has 0 saturated carbocycles. The van der Waals surface area contributed by atoms with Crippen LogP contribution in [0.2, 0.25) is 0 Å². The van der Waals surface area contributed by atoms with Gasteiger partial charge in [0, 0.05) is 11.9 Å². The standard InChI is InChI=1S/C8H12N4O3S/c9-4(7(14)15)1-2-11-6(13)5-3-16-8(10)12-5/h3-4H,1-2,9H2,(H2,10,12)(H,11,13)(H,14,15). The first-order valence-electron chi connectivity index (χ1n) is 4.48. The quantitative estimate of drug-likeness (QED) is 0.539. The number of hydrogen-bond acceptors (Lipinski definition) is 6. The lowest BCUT2D eigenvalue weighted by molar-refractivity contribution is -0.138. The molecule has 1 heterocycles. The van der Waals surface area contributed by atoms with Crippen LogP contribution in [-0.4, -0.2) is 34.6 Å². The van der Waals surface area contributed by atoms with Crippen molar-refractivity contribution in [2.45, 2.75) is 12.5 Å². The number of nitrogens with two attached hydrogens (primary N) is 2. The van der Waals surface area contributed by atoms with Gasteiger partial charge in [-0.2, -0.15) is 0 Å². The van der Waals surface area contributed by atoms with Crippen molar-refractivity contribution in [2.24, 2.45) is 5.73 Å². The van der Waals surface area contributed by atoms with E-state index in [4.69, 9.17) is 16.6 Å². The van der Waals surface area contributed by atoms with Crippen molar-refractivity contribution >= 4 is 28.3 Å². The number of rotatable bonds is 5. The minimum Gasteiger partial charge on any atom is -0.480 e. The molecule has 1 amide bonds. The zero-order chi connectivity index (χ0) is 12.1. The van der Waals surface area contributed by atoms with E-state index in [2.05, 4.69) is 10.3 Å². The Hall–Kier alpha value is -1.67. The Morgan fingerprint density at radius 3 is 2.81 bits per heavy atom. The maximum atomic E-state index is 11.4. The smallest absolute Gasteiger partial charge is 0.320 e. The third-order valence-electron chi connectivity index (χ3n) is 1.81. The number of carbonyl (C=O) groups is 2. The first-order valence-corrected chi connectivity index (χ1v) is 5.36. The number of thiazole rings is 1. The maximum Gasteiger partial charge on any atom is 0.320 e. The summed E-state index contributed by atoms with van der Waals surface area (Å²) in [5.74, 6) is -1.47. The fourth-order valence-electron chi connectivity index (χ4n) is 0.947. The predicted molar refractivity (Wildman–Crippen MR) is 59.1 cm³/mol. The highest BCUT2D eigenvalue weighted by Crippen LogP contribution is 2.10. The number of aromatic nitrogens is 1. The number of nitrogen functional groups attached to an aromatic ring is 1. The van der Waals surface area contributed by atoms with Crippen molar-refractivity contribution in [1.82, 2.24) is 10.3 Å². The van der Waals surface area contributed by atoms with Gasteiger partial charge in [0.25, 0.3) is 5.91 Å². The molecule has 1 aromatic heterocycles. The minimum absolute atomic E-state index is 0.167. The van der Waals surface area contributed by atoms with Crippen LogP contribution < -0.4 is 16.8 Å². The van der Waals surface area contributed by atoms with Gasteiger partial charge in [-0.05, 0) is 6.42 Å². The van der Waals surface area contributed by atoms with Gasteiger partial charge in [-0.3, -0.25) is 9.59 Å². The zero-order valence-corrected chi connectivity index (χ0v) is 9.16. The van der Waals surface area contributed by atoms with E-state index in [-0.39, 0.29) is 24.6 Å². The van der Waals surface area contributed by atoms with Gasteiger partial charge in [0.2, 0.25) is 0 Å². The van der Waals surface area contributed by atoms with E-state index in [1.165, 1.54) is 5.38 Å². The van der Waals surface area contributed by atoms with Crippen LogP contribution in [0.4, 0.5) is 5.13 Å². The Kier molecular flexibility index (Phi) is 4.20. The van der Waals surface area contributed by atoms with E-state index in [9.17, 15) is 9.59 Å². The summed E-state index contributed by atoms with van der Waals surface area (Å²) < 4.78 is 0. The summed E-state index contributed by atoms with van der Waals surface area (Å²) in [5.41, 5.74) is 10.9. The number of carboxylic acids is 1. The van der Waals surface area contributed by atoms with E-state index < -0.39 is 12.0 Å². The number of anilines is 1. The summed E-state index contributed by atoms with van der Waals surface area (Å²) >= 11 is 1.16. The number of nitrogens with one attached hydrogen (secondary N) is 1. The Morgan fingerprint density at radius 2 is 2.31 bits per heavy atom. The van der Waals surface area contributed by atoms with Crippen molar-refractivity contribution in [3.63, 3.8) is 0 Å². The summed E-state index contributed by atoms with van der Waals surface area (Å²) in [7, 11) is 0. The van der Waals surface area contributed by atoms with Crippen LogP contribution in [0, 0.1) is 0 Å². The molecule has 1 atom stereocenters. The van der Waals surface area contributed by atoms with E-state index in [1.54, 1.807) is 0 Å². The summed E-state index contributed by atoms with van der Waals surface area (Å²) in [6.07, 6.45) is 0.167. The fourth-order valence-corrected chi connectivity index (χ4v) is 1.49. The van der Waals surface area contributed by atoms with Gasteiger partial charge in [0.15, 0.2) is 5.13 Å². The summed E-state index contributed by atoms with van der Waals surface area (Å²) in [6.45, 7) is 0.184. The first-order chi connectivity index (χ1) is 7.50. The third-order valence-corrected chi connectivity index (χ3v) is 2.49. The largest absolute Gasteiger partial charge is 0.480 e. The molecule has 7 nitrogen and oxygen atoms in total. The van der Waals surface area contributed by atoms with Gasteiger partial charge in [0.1, 0.15) is 11.7 Å². The highest BCUT2D eigenvalue weighted by Gasteiger charge is 2.13. The third kappa shape index (κ3) is 3.48. The highest BCUT2D eigenvalue weighted by atomic mass is 32.1. The number of aliphatic carboxylic acids is 1. The van der Waals surface area contributed by atoms with Crippen molar-refractivity contribution in [2.75, 3.05) is 12.3 Å². The molecule has 0 bridgehead atoms. The van der Waals surface area contributed by atoms with Gasteiger partial charge < -0.3 is 21.9 Å². The molecular formula is C8H12N4O3S. The molecule has 0 aliphatic rings. The Bertz CT molecular complexity index is 392. The Morgan fingerprint density at radius 1 is 1.62 bits per heavy atom. The monoisotopic (exact) mass is 244 g/mol. The Balaban J connectivity index is 2.34. The van der Waals surface area contributed by atoms with Crippen LogP contribution in [0.1, 0.15) is 16.9 Å². The second-order valence-electron chi connectivity index (χ2n) is 3.06. The van der Waals surface area contributed by atoms with Crippen LogP contribution in [0.5, 0.6) is 0 Å². The van der Waals surface area contributed by atoms with Crippen LogP contribution in [-0.2, 0) is 4.79 Å². The molecule has 0 saturated heterocycles. The van der Waals surface area contributed by atoms with Crippen molar-refractivity contribution < 1.29 is 14.7 Å². The van der Waals surface area contributed by atoms with E-state index in [0.29, 0.717) is 5.13 Å². The second kappa shape index (κ2) is 5.42. The van der Waals surface area contributed by atoms with Gasteiger partial charge in [0.05, 0.1) is 0 Å². The molecular weight excluding hydrogens is 232 g/mol. The molecule has 6 N–H and O–H groups in total. The van der Waals surface area contributed by atoms with Gasteiger partial charge in [-0.25, -0.2) is 4.98 Å². The molecule has 0 aliphatic carbocycles. The number of amides is 1. The molecule has 1 rings (SSSR count). The number of carboxylic acid groups (broad SMARTS) is 1. The zero-order valence-electron chi connectivity index (χ0n) is 8.34. The molecule has 1 aromatic rings. The van der Waals surface area contributed by atoms with Crippen LogP contribution in [0.25, 0.3) is 0 Å². The van der Waals surface area contributed by atoms with Crippen molar-refractivity contribution in [3.05, 3.63) is 11.1 Å². The van der Waals surface area contributed by atoms with Gasteiger partial charge >= 0.3 is 5.97 Å². The normalized spacial score (nSPS) is 12.1. The topological polar surface area (TPSA) is 131 Å². The molecule has 0 aliphatic heterocycles. The second-order valence-corrected chi connectivity index (χ2v) is 3.95. The molecule has 88 valence electrons. The lowest BCUT2D eigenvalue weighted by atomic mass is 10.2. The average molecular weight is 244 g/mol. The molecule has 0 fully saturated rings. The molecule has 0 radical (unpaired) electrons. The average Bonchev–Trinajstić information content (AvgIpc) is 2.64. The summed E-state index contributed by atoms with van der Waals surface area (Å²) in [4.78, 5) is 25.6. The molecule has 1 unspecified atom stereocenters.